The molecule has 0 unspecified atom stereocenters. The average Bonchev–Trinajstić information content (AvgIpc) is 3.33. The van der Waals surface area contributed by atoms with Crippen LogP contribution in [0.4, 0.5) is 4.39 Å². The Kier molecular flexibility index (Phi) is 6.92. The van der Waals surface area contributed by atoms with Crippen molar-refractivity contribution >= 4 is 11.8 Å². The number of nitrogens with zero attached hydrogens (tertiary/aromatic N) is 3. The normalized spacial score (nSPS) is 18.7. The van der Waals surface area contributed by atoms with Crippen LogP contribution in [0.3, 0.4) is 0 Å². The summed E-state index contributed by atoms with van der Waals surface area (Å²) >= 11 is 0. The van der Waals surface area contributed by atoms with Gasteiger partial charge in [0.2, 0.25) is 5.91 Å². The zero-order valence-electron chi connectivity index (χ0n) is 17.7. The van der Waals surface area contributed by atoms with Gasteiger partial charge in [0, 0.05) is 32.4 Å². The Hall–Kier alpha value is -2.80. The van der Waals surface area contributed by atoms with E-state index in [1.807, 2.05) is 18.2 Å². The third-order valence-corrected chi connectivity index (χ3v) is 6.38. The number of piperazine rings is 1. The summed E-state index contributed by atoms with van der Waals surface area (Å²) in [6.07, 6.45) is 6.13. The Morgan fingerprint density at radius 1 is 1.03 bits per heavy atom. The first-order valence-corrected chi connectivity index (χ1v) is 11.1. The monoisotopic (exact) mass is 424 g/mol. The van der Waals surface area contributed by atoms with Gasteiger partial charge < -0.3 is 10.2 Å². The maximum Gasteiger partial charge on any atom is 0.256 e. The molecule has 1 atom stereocenters. The van der Waals surface area contributed by atoms with Gasteiger partial charge >= 0.3 is 0 Å². The maximum atomic E-state index is 14.0. The molecule has 7 heteroatoms. The van der Waals surface area contributed by atoms with Crippen LogP contribution in [0.1, 0.15) is 41.7 Å². The van der Waals surface area contributed by atoms with Crippen molar-refractivity contribution in [3.05, 3.63) is 65.7 Å². The number of rotatable bonds is 6. The van der Waals surface area contributed by atoms with Crippen LogP contribution in [0, 0.1) is 11.7 Å². The summed E-state index contributed by atoms with van der Waals surface area (Å²) in [5.74, 6) is -0.411. The first-order chi connectivity index (χ1) is 15.1. The number of carbonyl (C=O) groups excluding carboxylic acids is 2. The second-order valence-electron chi connectivity index (χ2n) is 8.34. The fourth-order valence-corrected chi connectivity index (χ4v) is 4.74. The summed E-state index contributed by atoms with van der Waals surface area (Å²) in [7, 11) is 0. The molecule has 0 radical (unpaired) electrons. The van der Waals surface area contributed by atoms with Gasteiger partial charge in [-0.3, -0.25) is 19.5 Å². The lowest BCUT2D eigenvalue weighted by Crippen LogP contribution is -2.58. The van der Waals surface area contributed by atoms with Crippen molar-refractivity contribution in [3.63, 3.8) is 0 Å². The minimum Gasteiger partial charge on any atom is -0.349 e. The summed E-state index contributed by atoms with van der Waals surface area (Å²) in [5, 5.41) is 3.07. The second kappa shape index (κ2) is 10.0. The van der Waals surface area contributed by atoms with Crippen LogP contribution in [-0.4, -0.2) is 58.8 Å². The van der Waals surface area contributed by atoms with E-state index in [0.717, 1.165) is 31.4 Å². The first kappa shape index (κ1) is 21.4. The summed E-state index contributed by atoms with van der Waals surface area (Å²) in [5.41, 5.74) is 0.942. The predicted octanol–water partition coefficient (Wildman–Crippen LogP) is 2.85. The third kappa shape index (κ3) is 5.10. The zero-order valence-corrected chi connectivity index (χ0v) is 17.7. The molecule has 1 N–H and O–H groups in total. The highest BCUT2D eigenvalue weighted by atomic mass is 19.1. The van der Waals surface area contributed by atoms with E-state index in [1.54, 1.807) is 23.2 Å². The number of hydrogen-bond acceptors (Lipinski definition) is 4. The fraction of sp³-hybridized carbons (Fsp3) is 0.458. The van der Waals surface area contributed by atoms with Crippen LogP contribution in [-0.2, 0) is 11.3 Å². The van der Waals surface area contributed by atoms with E-state index in [1.165, 1.54) is 12.1 Å². The molecule has 4 rings (SSSR count). The molecule has 6 nitrogen and oxygen atoms in total. The summed E-state index contributed by atoms with van der Waals surface area (Å²) in [6.45, 7) is 2.61. The smallest absolute Gasteiger partial charge is 0.256 e. The second-order valence-corrected chi connectivity index (χ2v) is 8.34. The summed E-state index contributed by atoms with van der Waals surface area (Å²) in [4.78, 5) is 34.1. The van der Waals surface area contributed by atoms with E-state index in [2.05, 4.69) is 15.2 Å². The highest BCUT2D eigenvalue weighted by Crippen LogP contribution is 2.31. The molecule has 1 saturated carbocycles. The van der Waals surface area contributed by atoms with E-state index in [-0.39, 0.29) is 23.4 Å². The molecule has 2 amide bonds. The van der Waals surface area contributed by atoms with E-state index >= 15 is 0 Å². The SMILES string of the molecule is O=C(NCc1ccccn1)[C@@H](C1CCCC1)N1CCN(C(=O)c2ccccc2F)CC1. The number of aromatic nitrogens is 1. The van der Waals surface area contributed by atoms with Crippen molar-refractivity contribution < 1.29 is 14.0 Å². The Morgan fingerprint density at radius 3 is 2.42 bits per heavy atom. The summed E-state index contributed by atoms with van der Waals surface area (Å²) in [6, 6.07) is 11.6. The van der Waals surface area contributed by atoms with E-state index in [0.29, 0.717) is 38.6 Å². The quantitative estimate of drug-likeness (QED) is 0.775. The molecular weight excluding hydrogens is 395 g/mol. The van der Waals surface area contributed by atoms with Gasteiger partial charge in [-0.25, -0.2) is 4.39 Å². The summed E-state index contributed by atoms with van der Waals surface area (Å²) < 4.78 is 14.0. The maximum absolute atomic E-state index is 14.0. The molecule has 0 bridgehead atoms. The highest BCUT2D eigenvalue weighted by Gasteiger charge is 2.37. The molecule has 0 spiro atoms. The molecule has 1 aliphatic heterocycles. The van der Waals surface area contributed by atoms with Crippen molar-refractivity contribution in [2.75, 3.05) is 26.2 Å². The van der Waals surface area contributed by atoms with Crippen LogP contribution < -0.4 is 5.32 Å². The van der Waals surface area contributed by atoms with E-state index in [4.69, 9.17) is 0 Å². The zero-order chi connectivity index (χ0) is 21.6. The molecule has 2 aromatic rings. The molecule has 1 aliphatic carbocycles. The van der Waals surface area contributed by atoms with Crippen LogP contribution in [0.2, 0.25) is 0 Å². The lowest BCUT2D eigenvalue weighted by Gasteiger charge is -2.40. The van der Waals surface area contributed by atoms with Gasteiger partial charge in [0.15, 0.2) is 0 Å². The Labute approximate surface area is 182 Å². The molecule has 2 aliphatic rings. The molecule has 31 heavy (non-hydrogen) atoms. The van der Waals surface area contributed by atoms with Crippen molar-refractivity contribution in [1.82, 2.24) is 20.1 Å². The van der Waals surface area contributed by atoms with Crippen molar-refractivity contribution in [3.8, 4) is 0 Å². The van der Waals surface area contributed by atoms with Gasteiger partial charge in [0.25, 0.3) is 5.91 Å². The van der Waals surface area contributed by atoms with Gasteiger partial charge in [0.05, 0.1) is 23.8 Å². The van der Waals surface area contributed by atoms with Gasteiger partial charge in [-0.2, -0.15) is 0 Å². The van der Waals surface area contributed by atoms with E-state index in [9.17, 15) is 14.0 Å². The number of pyridine rings is 1. The van der Waals surface area contributed by atoms with Crippen LogP contribution in [0.25, 0.3) is 0 Å². The topological polar surface area (TPSA) is 65.5 Å². The van der Waals surface area contributed by atoms with Gasteiger partial charge in [-0.1, -0.05) is 31.0 Å². The minimum atomic E-state index is -0.493. The lowest BCUT2D eigenvalue weighted by molar-refractivity contribution is -0.129. The number of nitrogens with one attached hydrogen (secondary N) is 1. The van der Waals surface area contributed by atoms with Crippen LogP contribution >= 0.6 is 0 Å². The number of carbonyl (C=O) groups is 2. The number of benzene rings is 1. The van der Waals surface area contributed by atoms with Crippen molar-refractivity contribution in [2.24, 2.45) is 5.92 Å². The predicted molar refractivity (Wildman–Crippen MR) is 116 cm³/mol. The average molecular weight is 425 g/mol. The Morgan fingerprint density at radius 2 is 1.74 bits per heavy atom. The van der Waals surface area contributed by atoms with Gasteiger partial charge in [-0.05, 0) is 43.0 Å². The minimum absolute atomic E-state index is 0.0337. The van der Waals surface area contributed by atoms with Crippen molar-refractivity contribution in [2.45, 2.75) is 38.3 Å². The lowest BCUT2D eigenvalue weighted by atomic mass is 9.95. The van der Waals surface area contributed by atoms with Gasteiger partial charge in [-0.15, -0.1) is 0 Å². The molecule has 2 fully saturated rings. The van der Waals surface area contributed by atoms with Crippen LogP contribution in [0.15, 0.2) is 48.7 Å². The number of amides is 2. The van der Waals surface area contributed by atoms with Gasteiger partial charge in [0.1, 0.15) is 5.82 Å². The number of hydrogen-bond donors (Lipinski definition) is 1. The number of halogens is 1. The van der Waals surface area contributed by atoms with Crippen LogP contribution in [0.5, 0.6) is 0 Å². The molecule has 164 valence electrons. The third-order valence-electron chi connectivity index (χ3n) is 6.38. The standard InChI is InChI=1S/C24H29FN4O2/c25-21-11-4-3-10-20(21)24(31)29-15-13-28(14-16-29)22(18-7-1-2-8-18)23(30)27-17-19-9-5-6-12-26-19/h3-6,9-12,18,22H,1-2,7-8,13-17H2,(H,27,30)/t22-/m1/s1. The first-order valence-electron chi connectivity index (χ1n) is 11.1. The Balaban J connectivity index is 1.39. The Bertz CT molecular complexity index is 893. The van der Waals surface area contributed by atoms with Crippen molar-refractivity contribution in [1.29, 1.82) is 0 Å². The molecular formula is C24H29FN4O2. The fourth-order valence-electron chi connectivity index (χ4n) is 4.74. The molecule has 1 aromatic heterocycles. The molecule has 1 aromatic carbocycles. The highest BCUT2D eigenvalue weighted by molar-refractivity contribution is 5.94. The largest absolute Gasteiger partial charge is 0.349 e. The van der Waals surface area contributed by atoms with E-state index < -0.39 is 5.82 Å². The molecule has 1 saturated heterocycles. The molecule has 2 heterocycles.